The number of carbonyl (C=O) groups excluding carboxylic acids is 3. The standard InChI is InChI=1S/C21H23NO7S2/c1-6-27-14(23)10-28-15-17-16(31-18(15)19(24)26-5)12-8-7-11(9-13(12)30-17)22-20(25)29-21(2,3)4/h7-9H,6,10H2,1-5H3,(H,22,25). The Balaban J connectivity index is 1.96. The number of amides is 1. The molecular formula is C21H23NO7S2. The van der Waals surface area contributed by atoms with Crippen LogP contribution in [0.2, 0.25) is 0 Å². The molecule has 0 aliphatic rings. The van der Waals surface area contributed by atoms with Gasteiger partial charge in [-0.2, -0.15) is 0 Å². The van der Waals surface area contributed by atoms with Gasteiger partial charge in [0.2, 0.25) is 0 Å². The van der Waals surface area contributed by atoms with Crippen LogP contribution in [0.1, 0.15) is 37.4 Å². The lowest BCUT2D eigenvalue weighted by Crippen LogP contribution is -2.27. The highest BCUT2D eigenvalue weighted by Gasteiger charge is 2.25. The summed E-state index contributed by atoms with van der Waals surface area (Å²) in [4.78, 5) is 36.3. The number of methoxy groups -OCH3 is 1. The smallest absolute Gasteiger partial charge is 0.412 e. The van der Waals surface area contributed by atoms with Crippen molar-refractivity contribution in [2.45, 2.75) is 33.3 Å². The molecule has 8 nitrogen and oxygen atoms in total. The predicted octanol–water partition coefficient (Wildman–Crippen LogP) is 5.19. The van der Waals surface area contributed by atoms with Crippen molar-refractivity contribution in [1.29, 1.82) is 0 Å². The lowest BCUT2D eigenvalue weighted by molar-refractivity contribution is -0.145. The number of hydrogen-bond donors (Lipinski definition) is 1. The van der Waals surface area contributed by atoms with Crippen molar-refractivity contribution in [3.8, 4) is 5.75 Å². The Labute approximate surface area is 187 Å². The zero-order valence-electron chi connectivity index (χ0n) is 17.8. The first-order valence-corrected chi connectivity index (χ1v) is 11.1. The minimum Gasteiger partial charge on any atom is -0.479 e. The molecule has 0 spiro atoms. The quantitative estimate of drug-likeness (QED) is 0.395. The molecule has 2 heterocycles. The van der Waals surface area contributed by atoms with Gasteiger partial charge in [-0.1, -0.05) is 6.07 Å². The fourth-order valence-electron chi connectivity index (χ4n) is 2.77. The second kappa shape index (κ2) is 9.11. The molecule has 0 radical (unpaired) electrons. The Bertz CT molecular complexity index is 1140. The Morgan fingerprint density at radius 2 is 1.84 bits per heavy atom. The zero-order valence-corrected chi connectivity index (χ0v) is 19.5. The fraction of sp³-hybridized carbons (Fsp3) is 0.381. The summed E-state index contributed by atoms with van der Waals surface area (Å²) in [5, 5.41) is 3.62. The molecule has 0 aliphatic heterocycles. The number of thiophene rings is 2. The van der Waals surface area contributed by atoms with E-state index in [0.29, 0.717) is 11.4 Å². The molecule has 3 rings (SSSR count). The molecule has 31 heavy (non-hydrogen) atoms. The number of ether oxygens (including phenoxy) is 4. The summed E-state index contributed by atoms with van der Waals surface area (Å²) in [5.41, 5.74) is -0.0207. The second-order valence-electron chi connectivity index (χ2n) is 7.44. The van der Waals surface area contributed by atoms with Crippen LogP contribution in [0.4, 0.5) is 10.5 Å². The minimum absolute atomic E-state index is 0.238. The van der Waals surface area contributed by atoms with Crippen molar-refractivity contribution < 1.29 is 33.3 Å². The summed E-state index contributed by atoms with van der Waals surface area (Å²) in [6, 6.07) is 5.44. The number of rotatable bonds is 6. The number of nitrogens with one attached hydrogen (secondary N) is 1. The third kappa shape index (κ3) is 5.26. The minimum atomic E-state index is -0.602. The van der Waals surface area contributed by atoms with E-state index in [2.05, 4.69) is 5.32 Å². The van der Waals surface area contributed by atoms with Gasteiger partial charge in [0.15, 0.2) is 17.2 Å². The van der Waals surface area contributed by atoms with Crippen LogP contribution in [0, 0.1) is 0 Å². The van der Waals surface area contributed by atoms with Gasteiger partial charge in [-0.25, -0.2) is 14.4 Å². The Morgan fingerprint density at radius 1 is 1.10 bits per heavy atom. The van der Waals surface area contributed by atoms with E-state index in [1.807, 2.05) is 12.1 Å². The van der Waals surface area contributed by atoms with E-state index in [1.54, 1.807) is 33.8 Å². The van der Waals surface area contributed by atoms with Crippen molar-refractivity contribution in [3.05, 3.63) is 23.1 Å². The van der Waals surface area contributed by atoms with Gasteiger partial charge in [0.25, 0.3) is 0 Å². The van der Waals surface area contributed by atoms with E-state index in [0.717, 1.165) is 19.5 Å². The monoisotopic (exact) mass is 465 g/mol. The summed E-state index contributed by atoms with van der Waals surface area (Å²) in [7, 11) is 1.29. The van der Waals surface area contributed by atoms with Crippen LogP contribution in [0.5, 0.6) is 5.75 Å². The van der Waals surface area contributed by atoms with E-state index < -0.39 is 23.6 Å². The molecule has 0 saturated carbocycles. The molecule has 0 fully saturated rings. The van der Waals surface area contributed by atoms with Gasteiger partial charge in [-0.05, 0) is 39.8 Å². The van der Waals surface area contributed by atoms with Crippen LogP contribution < -0.4 is 10.1 Å². The molecule has 0 saturated heterocycles. The van der Waals surface area contributed by atoms with Gasteiger partial charge in [-0.3, -0.25) is 5.32 Å². The molecule has 0 aliphatic carbocycles. The molecule has 0 atom stereocenters. The highest BCUT2D eigenvalue weighted by atomic mass is 32.1. The first-order chi connectivity index (χ1) is 14.6. The van der Waals surface area contributed by atoms with Crippen LogP contribution in [-0.2, 0) is 19.0 Å². The summed E-state index contributed by atoms with van der Waals surface area (Å²) < 4.78 is 23.2. The van der Waals surface area contributed by atoms with Crippen LogP contribution in [-0.4, -0.2) is 44.0 Å². The molecule has 2 aromatic heterocycles. The highest BCUT2D eigenvalue weighted by Crippen LogP contribution is 2.47. The maximum Gasteiger partial charge on any atom is 0.412 e. The van der Waals surface area contributed by atoms with E-state index >= 15 is 0 Å². The molecule has 1 amide bonds. The third-order valence-electron chi connectivity index (χ3n) is 3.92. The van der Waals surface area contributed by atoms with Crippen molar-refractivity contribution in [3.63, 3.8) is 0 Å². The van der Waals surface area contributed by atoms with Gasteiger partial charge in [-0.15, -0.1) is 22.7 Å². The van der Waals surface area contributed by atoms with Crippen molar-refractivity contribution in [2.75, 3.05) is 25.6 Å². The molecule has 10 heteroatoms. The number of benzene rings is 1. The molecule has 1 N–H and O–H groups in total. The van der Waals surface area contributed by atoms with Crippen LogP contribution in [0.3, 0.4) is 0 Å². The maximum atomic E-state index is 12.2. The number of anilines is 1. The van der Waals surface area contributed by atoms with E-state index in [-0.39, 0.29) is 18.1 Å². The van der Waals surface area contributed by atoms with E-state index in [4.69, 9.17) is 18.9 Å². The Hall–Kier alpha value is -2.85. The average molecular weight is 466 g/mol. The maximum absolute atomic E-state index is 12.2. The van der Waals surface area contributed by atoms with Crippen LogP contribution in [0.15, 0.2) is 18.2 Å². The van der Waals surface area contributed by atoms with Crippen molar-refractivity contribution in [2.24, 2.45) is 0 Å². The molecule has 0 unspecified atom stereocenters. The summed E-state index contributed by atoms with van der Waals surface area (Å²) in [5.74, 6) is -0.769. The van der Waals surface area contributed by atoms with Crippen LogP contribution >= 0.6 is 22.7 Å². The Kier molecular flexibility index (Phi) is 6.71. The predicted molar refractivity (Wildman–Crippen MR) is 121 cm³/mol. The SMILES string of the molecule is CCOC(=O)COc1c(C(=O)OC)sc2c1sc1cc(NC(=O)OC(C)(C)C)ccc12. The van der Waals surface area contributed by atoms with Gasteiger partial charge in [0, 0.05) is 15.8 Å². The van der Waals surface area contributed by atoms with Gasteiger partial charge in [0.1, 0.15) is 5.60 Å². The van der Waals surface area contributed by atoms with Crippen molar-refractivity contribution >= 4 is 65.9 Å². The Morgan fingerprint density at radius 3 is 2.48 bits per heavy atom. The van der Waals surface area contributed by atoms with Gasteiger partial charge >= 0.3 is 18.0 Å². The van der Waals surface area contributed by atoms with Gasteiger partial charge in [0.05, 0.1) is 23.1 Å². The summed E-state index contributed by atoms with van der Waals surface area (Å²) in [6.07, 6.45) is -0.545. The number of hydrogen-bond acceptors (Lipinski definition) is 9. The average Bonchev–Trinajstić information content (AvgIpc) is 3.20. The van der Waals surface area contributed by atoms with E-state index in [1.165, 1.54) is 29.8 Å². The normalized spacial score (nSPS) is 11.4. The lowest BCUT2D eigenvalue weighted by atomic mass is 10.2. The number of fused-ring (bicyclic) bond motifs is 3. The lowest BCUT2D eigenvalue weighted by Gasteiger charge is -2.19. The molecule has 166 valence electrons. The van der Waals surface area contributed by atoms with Gasteiger partial charge < -0.3 is 18.9 Å². The van der Waals surface area contributed by atoms with Crippen molar-refractivity contribution in [1.82, 2.24) is 0 Å². The number of esters is 2. The van der Waals surface area contributed by atoms with Crippen LogP contribution in [0.25, 0.3) is 19.5 Å². The number of carbonyl (C=O) groups is 3. The summed E-state index contributed by atoms with van der Waals surface area (Å²) in [6.45, 7) is 7.00. The molecule has 0 bridgehead atoms. The second-order valence-corrected chi connectivity index (χ2v) is 9.52. The fourth-order valence-corrected chi connectivity index (χ4v) is 5.39. The third-order valence-corrected chi connectivity index (χ3v) is 6.38. The van der Waals surface area contributed by atoms with E-state index in [9.17, 15) is 14.4 Å². The molecule has 3 aromatic rings. The zero-order chi connectivity index (χ0) is 22.8. The summed E-state index contributed by atoms with van der Waals surface area (Å²) >= 11 is 2.62. The molecule has 1 aromatic carbocycles. The highest BCUT2D eigenvalue weighted by molar-refractivity contribution is 7.34. The largest absolute Gasteiger partial charge is 0.479 e. The topological polar surface area (TPSA) is 100 Å². The first kappa shape index (κ1) is 22.8. The molecular weight excluding hydrogens is 442 g/mol. The first-order valence-electron chi connectivity index (χ1n) is 9.48.